The van der Waals surface area contributed by atoms with E-state index in [4.69, 9.17) is 4.74 Å². The molecule has 1 aliphatic heterocycles. The molecule has 0 fully saturated rings. The Morgan fingerprint density at radius 3 is 2.20 bits per heavy atom. The molecule has 0 unspecified atom stereocenters. The minimum Gasteiger partial charge on any atom is -0.480 e. The Kier molecular flexibility index (Phi) is 8.22. The summed E-state index contributed by atoms with van der Waals surface area (Å²) in [5.41, 5.74) is 6.41. The van der Waals surface area contributed by atoms with Crippen molar-refractivity contribution in [2.75, 3.05) is 0 Å². The zero-order valence-electron chi connectivity index (χ0n) is 23.7. The zero-order chi connectivity index (χ0) is 29.0. The van der Waals surface area contributed by atoms with Crippen molar-refractivity contribution in [2.24, 2.45) is 0 Å². The van der Waals surface area contributed by atoms with Gasteiger partial charge in [0, 0.05) is 13.0 Å². The maximum atomic E-state index is 13.2. The highest BCUT2D eigenvalue weighted by atomic mass is 16.5. The summed E-state index contributed by atoms with van der Waals surface area (Å²) in [6.07, 6.45) is 0.644. The van der Waals surface area contributed by atoms with E-state index >= 15 is 0 Å². The summed E-state index contributed by atoms with van der Waals surface area (Å²) in [6.45, 7) is 7.05. The predicted molar refractivity (Wildman–Crippen MR) is 161 cm³/mol. The monoisotopic (exact) mass is 548 g/mol. The molecule has 3 N–H and O–H groups in total. The van der Waals surface area contributed by atoms with E-state index in [1.54, 1.807) is 0 Å². The third-order valence-corrected chi connectivity index (χ3v) is 7.53. The summed E-state index contributed by atoms with van der Waals surface area (Å²) in [4.78, 5) is 25.2. The Balaban J connectivity index is 1.21. The topological polar surface area (TPSA) is 87.7 Å². The first-order valence-corrected chi connectivity index (χ1v) is 14.0. The Morgan fingerprint density at radius 2 is 1.54 bits per heavy atom. The maximum Gasteiger partial charge on any atom is 0.326 e. The van der Waals surface area contributed by atoms with Gasteiger partial charge in [0.1, 0.15) is 17.5 Å². The third-order valence-electron chi connectivity index (χ3n) is 7.53. The van der Waals surface area contributed by atoms with Gasteiger partial charge in [-0.3, -0.25) is 4.79 Å². The molecular formula is C35H36N2O4. The van der Waals surface area contributed by atoms with Gasteiger partial charge in [0.2, 0.25) is 5.91 Å². The summed E-state index contributed by atoms with van der Waals surface area (Å²) in [5.74, 6) is 0.0702. The van der Waals surface area contributed by atoms with Crippen LogP contribution < -0.4 is 15.4 Å². The number of carboxylic acid groups (broad SMARTS) is 1. The van der Waals surface area contributed by atoms with Crippen molar-refractivity contribution in [3.63, 3.8) is 0 Å². The SMILES string of the molecule is CC(C)(C)c1ccc(Oc2ccc3c(c2)C[C@@H](C(=O)N[C@@H](Cc2ccc(-c4ccccc4)cc2)C(=O)O)NC3)cc1. The Morgan fingerprint density at radius 1 is 0.878 bits per heavy atom. The number of benzene rings is 4. The first kappa shape index (κ1) is 28.1. The molecule has 0 saturated heterocycles. The van der Waals surface area contributed by atoms with E-state index in [2.05, 4.69) is 43.5 Å². The van der Waals surface area contributed by atoms with Gasteiger partial charge in [0.15, 0.2) is 0 Å². The van der Waals surface area contributed by atoms with Crippen LogP contribution in [0.2, 0.25) is 0 Å². The summed E-state index contributed by atoms with van der Waals surface area (Å²) in [7, 11) is 0. The van der Waals surface area contributed by atoms with Gasteiger partial charge >= 0.3 is 5.97 Å². The Hall–Kier alpha value is -4.42. The molecule has 0 aromatic heterocycles. The molecule has 6 heteroatoms. The van der Waals surface area contributed by atoms with Crippen LogP contribution in [0.15, 0.2) is 97.1 Å². The van der Waals surface area contributed by atoms with Crippen LogP contribution in [0.5, 0.6) is 11.5 Å². The van der Waals surface area contributed by atoms with Gasteiger partial charge in [-0.15, -0.1) is 0 Å². The predicted octanol–water partition coefficient (Wildman–Crippen LogP) is 6.27. The largest absolute Gasteiger partial charge is 0.480 e. The standard InChI is InChI=1S/C35H36N2O4/c1-35(2,3)28-14-17-29(18-15-28)41-30-16-13-26-22-36-31(21-27(26)20-30)33(38)37-32(34(39)40)19-23-9-11-25(12-10-23)24-7-5-4-6-8-24/h4-18,20,31-32,36H,19,21-22H2,1-3H3,(H,37,38)(H,39,40)/t31-,32-/m0/s1. The summed E-state index contributed by atoms with van der Waals surface area (Å²) in [5, 5.41) is 15.9. The second-order valence-electron chi connectivity index (χ2n) is 11.6. The van der Waals surface area contributed by atoms with Gasteiger partial charge in [-0.05, 0) is 69.5 Å². The molecule has 0 radical (unpaired) electrons. The lowest BCUT2D eigenvalue weighted by molar-refractivity contribution is -0.142. The highest BCUT2D eigenvalue weighted by molar-refractivity contribution is 5.87. The molecule has 0 aliphatic carbocycles. The summed E-state index contributed by atoms with van der Waals surface area (Å²) in [6, 6.07) is 30.2. The van der Waals surface area contributed by atoms with Crippen LogP contribution in [-0.2, 0) is 34.4 Å². The highest BCUT2D eigenvalue weighted by Gasteiger charge is 2.28. The van der Waals surface area contributed by atoms with Gasteiger partial charge in [-0.2, -0.15) is 0 Å². The Labute approximate surface area is 241 Å². The van der Waals surface area contributed by atoms with Crippen LogP contribution in [0, 0.1) is 0 Å². The number of hydrogen-bond acceptors (Lipinski definition) is 4. The fraction of sp³-hybridized carbons (Fsp3) is 0.257. The number of carbonyl (C=O) groups is 2. The van der Waals surface area contributed by atoms with E-state index < -0.39 is 18.1 Å². The lowest BCUT2D eigenvalue weighted by atomic mass is 9.87. The smallest absolute Gasteiger partial charge is 0.326 e. The quantitative estimate of drug-likeness (QED) is 0.242. The van der Waals surface area contributed by atoms with Crippen molar-refractivity contribution < 1.29 is 19.4 Å². The fourth-order valence-electron chi connectivity index (χ4n) is 5.07. The molecule has 210 valence electrons. The molecule has 0 spiro atoms. The molecule has 0 bridgehead atoms. The molecular weight excluding hydrogens is 512 g/mol. The van der Waals surface area contributed by atoms with Gasteiger partial charge in [-0.1, -0.05) is 93.6 Å². The number of aliphatic carboxylic acids is 1. The van der Waals surface area contributed by atoms with Crippen molar-refractivity contribution in [1.82, 2.24) is 10.6 Å². The van der Waals surface area contributed by atoms with Gasteiger partial charge in [-0.25, -0.2) is 4.79 Å². The summed E-state index contributed by atoms with van der Waals surface area (Å²) >= 11 is 0. The van der Waals surface area contributed by atoms with Crippen LogP contribution in [0.3, 0.4) is 0 Å². The van der Waals surface area contributed by atoms with Crippen molar-refractivity contribution in [2.45, 2.75) is 57.7 Å². The highest BCUT2D eigenvalue weighted by Crippen LogP contribution is 2.29. The number of hydrogen-bond donors (Lipinski definition) is 3. The van der Waals surface area contributed by atoms with Crippen LogP contribution in [0.1, 0.15) is 43.0 Å². The molecule has 5 rings (SSSR count). The first-order valence-electron chi connectivity index (χ1n) is 14.0. The minimum absolute atomic E-state index is 0.0690. The number of carboxylic acids is 1. The normalized spacial score (nSPS) is 15.4. The van der Waals surface area contributed by atoms with Crippen LogP contribution in [-0.4, -0.2) is 29.1 Å². The Bertz CT molecular complexity index is 1510. The molecule has 1 amide bonds. The fourth-order valence-corrected chi connectivity index (χ4v) is 5.07. The van der Waals surface area contributed by atoms with E-state index in [9.17, 15) is 14.7 Å². The van der Waals surface area contributed by atoms with Crippen LogP contribution in [0.25, 0.3) is 11.1 Å². The average Bonchev–Trinajstić information content (AvgIpc) is 2.97. The average molecular weight is 549 g/mol. The molecule has 4 aromatic carbocycles. The van der Waals surface area contributed by atoms with E-state index in [-0.39, 0.29) is 17.7 Å². The molecule has 1 heterocycles. The maximum absolute atomic E-state index is 13.2. The summed E-state index contributed by atoms with van der Waals surface area (Å²) < 4.78 is 6.11. The van der Waals surface area contributed by atoms with Crippen molar-refractivity contribution in [3.05, 3.63) is 119 Å². The number of rotatable bonds is 8. The molecule has 6 nitrogen and oxygen atoms in total. The zero-order valence-corrected chi connectivity index (χ0v) is 23.7. The molecule has 2 atom stereocenters. The van der Waals surface area contributed by atoms with E-state index in [1.807, 2.05) is 84.9 Å². The van der Waals surface area contributed by atoms with Gasteiger partial charge < -0.3 is 20.5 Å². The van der Waals surface area contributed by atoms with Crippen molar-refractivity contribution in [1.29, 1.82) is 0 Å². The van der Waals surface area contributed by atoms with Crippen molar-refractivity contribution in [3.8, 4) is 22.6 Å². The van der Waals surface area contributed by atoms with Crippen molar-refractivity contribution >= 4 is 11.9 Å². The first-order chi connectivity index (χ1) is 19.7. The van der Waals surface area contributed by atoms with Gasteiger partial charge in [0.05, 0.1) is 6.04 Å². The molecule has 0 saturated carbocycles. The van der Waals surface area contributed by atoms with Gasteiger partial charge in [0.25, 0.3) is 0 Å². The third kappa shape index (κ3) is 7.02. The number of fused-ring (bicyclic) bond motifs is 1. The van der Waals surface area contributed by atoms with Crippen LogP contribution in [0.4, 0.5) is 0 Å². The number of ether oxygens (including phenoxy) is 1. The van der Waals surface area contributed by atoms with E-state index in [0.717, 1.165) is 33.6 Å². The number of nitrogens with one attached hydrogen (secondary N) is 2. The molecule has 41 heavy (non-hydrogen) atoms. The lowest BCUT2D eigenvalue weighted by Gasteiger charge is -2.27. The second kappa shape index (κ2) is 12.0. The molecule has 1 aliphatic rings. The van der Waals surface area contributed by atoms with E-state index in [1.165, 1.54) is 5.56 Å². The lowest BCUT2D eigenvalue weighted by Crippen LogP contribution is -2.52. The number of amides is 1. The molecule has 4 aromatic rings. The minimum atomic E-state index is -1.06. The van der Waals surface area contributed by atoms with Crippen LogP contribution >= 0.6 is 0 Å². The number of carbonyl (C=O) groups excluding carboxylic acids is 1. The second-order valence-corrected chi connectivity index (χ2v) is 11.6. The van der Waals surface area contributed by atoms with E-state index in [0.29, 0.717) is 18.7 Å².